The summed E-state index contributed by atoms with van der Waals surface area (Å²) in [6.45, 7) is 4.41. The zero-order valence-electron chi connectivity index (χ0n) is 11.4. The van der Waals surface area contributed by atoms with Crippen molar-refractivity contribution in [2.75, 3.05) is 13.1 Å². The molecule has 1 rings (SSSR count). The smallest absolute Gasteiger partial charge is 0.122 e. The van der Waals surface area contributed by atoms with E-state index in [1.54, 1.807) is 0 Å². The number of hydrogen-bond acceptors (Lipinski definition) is 5. The molecule has 0 saturated heterocycles. The minimum Gasteiger partial charge on any atom is -0.507 e. The molecule has 0 aliphatic carbocycles. The van der Waals surface area contributed by atoms with Crippen molar-refractivity contribution >= 4 is 0 Å². The summed E-state index contributed by atoms with van der Waals surface area (Å²) in [5, 5.41) is 16.0. The summed E-state index contributed by atoms with van der Waals surface area (Å²) < 4.78 is 0. The number of hydrogen-bond donors (Lipinski definition) is 1. The normalized spacial score (nSPS) is 13.8. The van der Waals surface area contributed by atoms with E-state index < -0.39 is 0 Å². The van der Waals surface area contributed by atoms with Gasteiger partial charge in [0.05, 0.1) is 13.1 Å². The van der Waals surface area contributed by atoms with Crippen molar-refractivity contribution in [2.24, 2.45) is 10.4 Å². The average Bonchev–Trinajstić information content (AvgIpc) is 2.42. The van der Waals surface area contributed by atoms with Gasteiger partial charge in [-0.25, -0.2) is 0 Å². The number of aromatic hydroxyl groups is 1. The molecule has 0 amide bonds. The van der Waals surface area contributed by atoms with Gasteiger partial charge in [0.2, 0.25) is 0 Å². The van der Waals surface area contributed by atoms with Crippen LogP contribution in [-0.2, 0) is 0 Å². The second kappa shape index (κ2) is 7.61. The molecule has 5 heteroatoms. The SMILES string of the molecule is CC(CCN=O)c1cccc(C(C)CCN=O)c1O. The number of rotatable bonds is 8. The van der Waals surface area contributed by atoms with Crippen molar-refractivity contribution < 1.29 is 5.11 Å². The Kier molecular flexibility index (Phi) is 6.12. The van der Waals surface area contributed by atoms with Crippen molar-refractivity contribution in [1.82, 2.24) is 0 Å². The Morgan fingerprint density at radius 1 is 1.00 bits per heavy atom. The molecule has 0 radical (unpaired) electrons. The molecule has 1 N–H and O–H groups in total. The Bertz CT molecular complexity index is 398. The summed E-state index contributed by atoms with van der Waals surface area (Å²) in [4.78, 5) is 20.3. The van der Waals surface area contributed by atoms with Gasteiger partial charge in [0, 0.05) is 0 Å². The predicted octanol–water partition coefficient (Wildman–Crippen LogP) is 3.91. The van der Waals surface area contributed by atoms with Gasteiger partial charge in [0.1, 0.15) is 5.75 Å². The standard InChI is InChI=1S/C14H20N2O3/c1-10(6-8-15-18)12-4-3-5-13(14(12)17)11(2)7-9-16-19/h3-5,10-11,17H,6-9H2,1-2H3. The first-order valence-electron chi connectivity index (χ1n) is 6.51. The third-order valence-electron chi connectivity index (χ3n) is 3.47. The van der Waals surface area contributed by atoms with E-state index in [0.29, 0.717) is 12.8 Å². The van der Waals surface area contributed by atoms with Crippen LogP contribution >= 0.6 is 0 Å². The molecule has 2 unspecified atom stereocenters. The van der Waals surface area contributed by atoms with E-state index in [1.165, 1.54) is 0 Å². The van der Waals surface area contributed by atoms with Crippen LogP contribution in [0.5, 0.6) is 5.75 Å². The lowest BCUT2D eigenvalue weighted by atomic mass is 9.89. The number of phenolic OH excluding ortho intramolecular Hbond substituents is 1. The lowest BCUT2D eigenvalue weighted by molar-refractivity contribution is 0.447. The maximum absolute atomic E-state index is 10.3. The van der Waals surface area contributed by atoms with Gasteiger partial charge in [-0.15, -0.1) is 0 Å². The molecule has 0 aromatic heterocycles. The lowest BCUT2D eigenvalue weighted by Crippen LogP contribution is -2.01. The Labute approximate surface area is 113 Å². The van der Waals surface area contributed by atoms with Crippen LogP contribution in [0.25, 0.3) is 0 Å². The van der Waals surface area contributed by atoms with Crippen molar-refractivity contribution in [1.29, 1.82) is 0 Å². The van der Waals surface area contributed by atoms with Gasteiger partial charge in [-0.1, -0.05) is 42.4 Å². The third-order valence-corrected chi connectivity index (χ3v) is 3.47. The molecule has 0 aliphatic rings. The van der Waals surface area contributed by atoms with Crippen LogP contribution in [-0.4, -0.2) is 18.2 Å². The van der Waals surface area contributed by atoms with E-state index in [-0.39, 0.29) is 30.7 Å². The first kappa shape index (κ1) is 15.3. The van der Waals surface area contributed by atoms with E-state index in [2.05, 4.69) is 10.4 Å². The van der Waals surface area contributed by atoms with E-state index >= 15 is 0 Å². The average molecular weight is 264 g/mol. The summed E-state index contributed by atoms with van der Waals surface area (Å²) in [6, 6.07) is 5.61. The highest BCUT2D eigenvalue weighted by atomic mass is 16.3. The van der Waals surface area contributed by atoms with Gasteiger partial charge in [-0.2, -0.15) is 9.81 Å². The summed E-state index contributed by atoms with van der Waals surface area (Å²) in [6.07, 6.45) is 1.23. The maximum Gasteiger partial charge on any atom is 0.122 e. The van der Waals surface area contributed by atoms with Crippen molar-refractivity contribution in [2.45, 2.75) is 38.5 Å². The van der Waals surface area contributed by atoms with Crippen LogP contribution in [0.3, 0.4) is 0 Å². The number of phenols is 1. The number of para-hydroxylation sites is 1. The highest BCUT2D eigenvalue weighted by molar-refractivity contribution is 5.44. The number of nitrogens with zero attached hydrogens (tertiary/aromatic N) is 2. The molecule has 0 aliphatic heterocycles. The molecular formula is C14H20N2O3. The van der Waals surface area contributed by atoms with Crippen LogP contribution in [0.1, 0.15) is 49.7 Å². The number of benzene rings is 1. The van der Waals surface area contributed by atoms with Gasteiger partial charge in [0.15, 0.2) is 0 Å². The Morgan fingerprint density at radius 2 is 1.42 bits per heavy atom. The highest BCUT2D eigenvalue weighted by Gasteiger charge is 2.16. The molecule has 19 heavy (non-hydrogen) atoms. The van der Waals surface area contributed by atoms with Crippen LogP contribution < -0.4 is 0 Å². The molecule has 1 aromatic carbocycles. The van der Waals surface area contributed by atoms with E-state index in [1.807, 2.05) is 32.0 Å². The molecule has 5 nitrogen and oxygen atoms in total. The summed E-state index contributed by atoms with van der Waals surface area (Å²) in [5.41, 5.74) is 1.65. The van der Waals surface area contributed by atoms with Crippen molar-refractivity contribution in [3.8, 4) is 5.75 Å². The Balaban J connectivity index is 2.90. The van der Waals surface area contributed by atoms with Gasteiger partial charge in [-0.3, -0.25) is 0 Å². The lowest BCUT2D eigenvalue weighted by Gasteiger charge is -2.18. The third kappa shape index (κ3) is 4.12. The number of nitroso groups, excluding NO2 is 2. The van der Waals surface area contributed by atoms with E-state index in [0.717, 1.165) is 11.1 Å². The fraction of sp³-hybridized carbons (Fsp3) is 0.571. The summed E-state index contributed by atoms with van der Waals surface area (Å²) in [5.74, 6) is 0.419. The van der Waals surface area contributed by atoms with Crippen LogP contribution in [0, 0.1) is 9.81 Å². The molecule has 0 spiro atoms. The van der Waals surface area contributed by atoms with Crippen LogP contribution in [0.2, 0.25) is 0 Å². The quantitative estimate of drug-likeness (QED) is 0.723. The first-order chi connectivity index (χ1) is 9.11. The molecule has 1 aromatic rings. The monoisotopic (exact) mass is 264 g/mol. The van der Waals surface area contributed by atoms with E-state index in [4.69, 9.17) is 0 Å². The molecular weight excluding hydrogens is 244 g/mol. The van der Waals surface area contributed by atoms with Gasteiger partial charge in [-0.05, 0) is 35.8 Å². The second-order valence-corrected chi connectivity index (χ2v) is 4.87. The molecule has 2 atom stereocenters. The minimum absolute atomic E-state index is 0.0778. The fourth-order valence-corrected chi connectivity index (χ4v) is 2.18. The first-order valence-corrected chi connectivity index (χ1v) is 6.51. The van der Waals surface area contributed by atoms with Crippen molar-refractivity contribution in [3.05, 3.63) is 39.1 Å². The molecule has 0 heterocycles. The largest absolute Gasteiger partial charge is 0.507 e. The molecule has 104 valence electrons. The summed E-state index contributed by atoms with van der Waals surface area (Å²) in [7, 11) is 0. The minimum atomic E-state index is 0.0778. The fourth-order valence-electron chi connectivity index (χ4n) is 2.18. The van der Waals surface area contributed by atoms with Crippen LogP contribution in [0.15, 0.2) is 28.6 Å². The van der Waals surface area contributed by atoms with Gasteiger partial charge >= 0.3 is 0 Å². The summed E-state index contributed by atoms with van der Waals surface area (Å²) >= 11 is 0. The highest BCUT2D eigenvalue weighted by Crippen LogP contribution is 2.35. The second-order valence-electron chi connectivity index (χ2n) is 4.87. The molecule has 0 fully saturated rings. The zero-order valence-corrected chi connectivity index (χ0v) is 11.4. The van der Waals surface area contributed by atoms with E-state index in [9.17, 15) is 14.9 Å². The van der Waals surface area contributed by atoms with Crippen molar-refractivity contribution in [3.63, 3.8) is 0 Å². The predicted molar refractivity (Wildman–Crippen MR) is 75.5 cm³/mol. The van der Waals surface area contributed by atoms with Crippen LogP contribution in [0.4, 0.5) is 0 Å². The zero-order chi connectivity index (χ0) is 14.3. The Morgan fingerprint density at radius 3 is 1.79 bits per heavy atom. The van der Waals surface area contributed by atoms with Gasteiger partial charge < -0.3 is 5.11 Å². The molecule has 0 bridgehead atoms. The maximum atomic E-state index is 10.3. The Hall–Kier alpha value is -1.78. The topological polar surface area (TPSA) is 79.1 Å². The van der Waals surface area contributed by atoms with Gasteiger partial charge in [0.25, 0.3) is 0 Å². The molecule has 0 saturated carbocycles.